The fraction of sp³-hybridized carbons (Fsp3) is 0.500. The molecule has 1 aliphatic heterocycles. The number of nitrogen functional groups attached to an aromatic ring is 1. The highest BCUT2D eigenvalue weighted by Crippen LogP contribution is 2.46. The number of hydrogen-bond donors (Lipinski definition) is 4. The van der Waals surface area contributed by atoms with Gasteiger partial charge < -0.3 is 16.4 Å². The number of nitrogens with two attached hydrogens (primary N) is 3. The van der Waals surface area contributed by atoms with Gasteiger partial charge in [0.05, 0.1) is 29.8 Å². The molecule has 35 heavy (non-hydrogen) atoms. The minimum Gasteiger partial charge on any atom is -0.381 e. The highest BCUT2D eigenvalue weighted by Gasteiger charge is 2.43. The average Bonchev–Trinajstić information content (AvgIpc) is 3.17. The van der Waals surface area contributed by atoms with Gasteiger partial charge in [0.1, 0.15) is 16.6 Å². The summed E-state index contributed by atoms with van der Waals surface area (Å²) < 4.78 is 0. The molecule has 4 rings (SSSR count). The second kappa shape index (κ2) is 11.7. The number of rotatable bonds is 7. The molecule has 0 radical (unpaired) electrons. The Balaban J connectivity index is 0.00000342. The van der Waals surface area contributed by atoms with Gasteiger partial charge in [0.2, 0.25) is 5.91 Å². The van der Waals surface area contributed by atoms with E-state index in [2.05, 4.69) is 19.9 Å². The highest BCUT2D eigenvalue weighted by atomic mass is 35.5. The van der Waals surface area contributed by atoms with E-state index in [9.17, 15) is 9.59 Å². The number of halogens is 2. The van der Waals surface area contributed by atoms with Gasteiger partial charge in [-0.1, -0.05) is 29.8 Å². The van der Waals surface area contributed by atoms with Gasteiger partial charge in [0.25, 0.3) is 0 Å². The predicted octanol–water partition coefficient (Wildman–Crippen LogP) is 2.27. The first-order chi connectivity index (χ1) is 16.3. The molecular weight excluding hydrogens is 511 g/mol. The van der Waals surface area contributed by atoms with E-state index in [-0.39, 0.29) is 36.4 Å². The summed E-state index contributed by atoms with van der Waals surface area (Å²) in [7, 11) is 0. The van der Waals surface area contributed by atoms with Crippen molar-refractivity contribution in [3.05, 3.63) is 29.2 Å². The van der Waals surface area contributed by atoms with Crippen LogP contribution < -0.4 is 27.6 Å². The van der Waals surface area contributed by atoms with Crippen LogP contribution in [0.5, 0.6) is 0 Å². The number of Topliss-reactive ketones (excluding diaryl/α,β-unsaturated/α-hetero) is 1. The van der Waals surface area contributed by atoms with Gasteiger partial charge in [0.15, 0.2) is 5.82 Å². The van der Waals surface area contributed by atoms with Gasteiger partial charge in [-0.05, 0) is 37.2 Å². The maximum absolute atomic E-state index is 12.1. The van der Waals surface area contributed by atoms with Crippen molar-refractivity contribution >= 4 is 59.1 Å². The molecule has 2 aromatic rings. The molecule has 1 saturated carbocycles. The van der Waals surface area contributed by atoms with Gasteiger partial charge in [0, 0.05) is 30.2 Å². The Bertz CT molecular complexity index is 1080. The molecule has 3 heterocycles. The number of hydrogen-bond acceptors (Lipinski definition) is 10. The van der Waals surface area contributed by atoms with Crippen LogP contribution in [-0.4, -0.2) is 45.8 Å². The highest BCUT2D eigenvalue weighted by molar-refractivity contribution is 7.99. The average molecular weight is 542 g/mol. The van der Waals surface area contributed by atoms with E-state index in [0.717, 1.165) is 38.2 Å². The van der Waals surface area contributed by atoms with Gasteiger partial charge in [-0.25, -0.2) is 15.8 Å². The van der Waals surface area contributed by atoms with Crippen LogP contribution in [-0.2, 0) is 16.0 Å². The Hall–Kier alpha value is -2.18. The molecular formula is C22H30Cl2N8O2S. The van der Waals surface area contributed by atoms with Crippen molar-refractivity contribution in [1.82, 2.24) is 20.4 Å². The molecule has 1 amide bonds. The molecule has 1 spiro atoms. The van der Waals surface area contributed by atoms with Crippen LogP contribution in [0.25, 0.3) is 0 Å². The quantitative estimate of drug-likeness (QED) is 0.177. The molecule has 1 aliphatic carbocycles. The lowest BCUT2D eigenvalue weighted by Crippen LogP contribution is -2.47. The molecule has 13 heteroatoms. The van der Waals surface area contributed by atoms with Crippen molar-refractivity contribution in [2.75, 3.05) is 23.7 Å². The van der Waals surface area contributed by atoms with Crippen molar-refractivity contribution < 1.29 is 9.59 Å². The SMILES string of the molecule is Cl.NNC(=O)CC(=O)Cc1nccc(Sc2ncc(N3CCC4(CCCC4N)CC3)nc2N)c1Cl. The molecule has 0 bridgehead atoms. The Morgan fingerprint density at radius 1 is 1.26 bits per heavy atom. The van der Waals surface area contributed by atoms with Crippen LogP contribution >= 0.6 is 35.8 Å². The van der Waals surface area contributed by atoms with E-state index < -0.39 is 5.91 Å². The third-order valence-electron chi connectivity index (χ3n) is 6.83. The van der Waals surface area contributed by atoms with Crippen molar-refractivity contribution in [2.45, 2.75) is 60.9 Å². The van der Waals surface area contributed by atoms with Crippen LogP contribution in [0.3, 0.4) is 0 Å². The molecule has 190 valence electrons. The topological polar surface area (TPSA) is 166 Å². The number of piperidine rings is 1. The second-order valence-electron chi connectivity index (χ2n) is 8.90. The van der Waals surface area contributed by atoms with Gasteiger partial charge in [-0.15, -0.1) is 12.4 Å². The zero-order valence-electron chi connectivity index (χ0n) is 19.2. The van der Waals surface area contributed by atoms with Crippen LogP contribution in [0.15, 0.2) is 28.4 Å². The van der Waals surface area contributed by atoms with Crippen LogP contribution in [0.2, 0.25) is 5.02 Å². The lowest BCUT2D eigenvalue weighted by Gasteiger charge is -2.42. The van der Waals surface area contributed by atoms with E-state index in [1.807, 2.05) is 5.43 Å². The molecule has 1 atom stereocenters. The number of hydrazine groups is 1. The fourth-order valence-electron chi connectivity index (χ4n) is 4.83. The summed E-state index contributed by atoms with van der Waals surface area (Å²) in [5, 5.41) is 0.830. The zero-order valence-corrected chi connectivity index (χ0v) is 21.6. The maximum Gasteiger partial charge on any atom is 0.241 e. The normalized spacial score (nSPS) is 18.8. The first-order valence-electron chi connectivity index (χ1n) is 11.3. The smallest absolute Gasteiger partial charge is 0.241 e. The summed E-state index contributed by atoms with van der Waals surface area (Å²) in [4.78, 5) is 39.5. The van der Waals surface area contributed by atoms with Gasteiger partial charge in [-0.2, -0.15) is 0 Å². The fourth-order valence-corrected chi connectivity index (χ4v) is 5.93. The largest absolute Gasteiger partial charge is 0.381 e. The Kier molecular flexibility index (Phi) is 9.16. The summed E-state index contributed by atoms with van der Waals surface area (Å²) in [5.41, 5.74) is 15.2. The predicted molar refractivity (Wildman–Crippen MR) is 138 cm³/mol. The van der Waals surface area contributed by atoms with E-state index in [4.69, 9.17) is 28.9 Å². The Morgan fingerprint density at radius 2 is 2.00 bits per heavy atom. The molecule has 1 saturated heterocycles. The molecule has 1 unspecified atom stereocenters. The zero-order chi connectivity index (χ0) is 24.3. The molecule has 2 fully saturated rings. The molecule has 2 aliphatic rings. The summed E-state index contributed by atoms with van der Waals surface area (Å²) in [5.74, 6) is 5.19. The second-order valence-corrected chi connectivity index (χ2v) is 10.3. The van der Waals surface area contributed by atoms with E-state index in [1.54, 1.807) is 18.5 Å². The number of nitrogens with one attached hydrogen (secondary N) is 1. The Morgan fingerprint density at radius 3 is 2.63 bits per heavy atom. The minimum atomic E-state index is -0.565. The van der Waals surface area contributed by atoms with Gasteiger partial charge in [-0.3, -0.25) is 20.0 Å². The van der Waals surface area contributed by atoms with Crippen LogP contribution in [0.4, 0.5) is 11.6 Å². The first-order valence-corrected chi connectivity index (χ1v) is 12.5. The molecule has 2 aromatic heterocycles. The summed E-state index contributed by atoms with van der Waals surface area (Å²) in [6, 6.07) is 2.02. The minimum absolute atomic E-state index is 0. The van der Waals surface area contributed by atoms with E-state index >= 15 is 0 Å². The van der Waals surface area contributed by atoms with Crippen LogP contribution in [0.1, 0.15) is 44.2 Å². The number of carbonyl (C=O) groups is 2. The van der Waals surface area contributed by atoms with Crippen molar-refractivity contribution in [3.8, 4) is 0 Å². The Labute approximate surface area is 219 Å². The molecule has 0 aromatic carbocycles. The monoisotopic (exact) mass is 540 g/mol. The third-order valence-corrected chi connectivity index (χ3v) is 8.43. The number of aromatic nitrogens is 3. The summed E-state index contributed by atoms with van der Waals surface area (Å²) >= 11 is 7.74. The number of nitrogens with zero attached hydrogens (tertiary/aromatic N) is 4. The molecule has 10 nitrogen and oxygen atoms in total. The van der Waals surface area contributed by atoms with E-state index in [0.29, 0.717) is 32.5 Å². The third kappa shape index (κ3) is 6.15. The lowest BCUT2D eigenvalue weighted by atomic mass is 9.74. The standard InChI is InChI=1S/C22H29ClN8O2S.ClH/c23-19-14(10-13(32)11-18(33)30-26)27-7-3-15(19)34-21-20(25)29-17(12-28-21)31-8-5-22(6-9-31)4-1-2-16(22)24;/h3,7,12,16H,1-2,4-6,8-11,24,26H2,(H2,25,29)(H,30,33);1H. The summed E-state index contributed by atoms with van der Waals surface area (Å²) in [6.45, 7) is 1.79. The first kappa shape index (κ1) is 27.4. The number of ketones is 1. The number of anilines is 2. The summed E-state index contributed by atoms with van der Waals surface area (Å²) in [6.07, 6.45) is 8.54. The van der Waals surface area contributed by atoms with E-state index in [1.165, 1.54) is 24.6 Å². The van der Waals surface area contributed by atoms with Crippen molar-refractivity contribution in [3.63, 3.8) is 0 Å². The number of pyridine rings is 1. The van der Waals surface area contributed by atoms with Crippen molar-refractivity contribution in [1.29, 1.82) is 0 Å². The molecule has 7 N–H and O–H groups in total. The van der Waals surface area contributed by atoms with Crippen molar-refractivity contribution in [2.24, 2.45) is 17.0 Å². The number of carbonyl (C=O) groups excluding carboxylic acids is 2. The maximum atomic E-state index is 12.1. The number of amides is 1. The van der Waals surface area contributed by atoms with Gasteiger partial charge >= 0.3 is 0 Å². The lowest BCUT2D eigenvalue weighted by molar-refractivity contribution is -0.127. The van der Waals surface area contributed by atoms with Crippen LogP contribution in [0, 0.1) is 5.41 Å².